The minimum Gasteiger partial charge on any atom is -0.433 e. The first-order valence-corrected chi connectivity index (χ1v) is 4.61. The lowest BCUT2D eigenvalue weighted by Gasteiger charge is -2.09. The van der Waals surface area contributed by atoms with E-state index in [1.54, 1.807) is 0 Å². The normalized spacial score (nSPS) is 21.9. The van der Waals surface area contributed by atoms with Gasteiger partial charge in [-0.25, -0.2) is 4.79 Å². The molecule has 2 heterocycles. The van der Waals surface area contributed by atoms with Gasteiger partial charge in [0, 0.05) is 6.42 Å². The van der Waals surface area contributed by atoms with E-state index in [1.165, 1.54) is 13.8 Å². The first kappa shape index (κ1) is 11.5. The molecular weight excluding hydrogens is 200 g/mol. The Balaban J connectivity index is 0.000000162. The van der Waals surface area contributed by atoms with E-state index in [9.17, 15) is 9.59 Å². The summed E-state index contributed by atoms with van der Waals surface area (Å²) in [5.74, 6) is -0.382. The first-order valence-electron chi connectivity index (χ1n) is 4.61. The third-order valence-electron chi connectivity index (χ3n) is 1.89. The van der Waals surface area contributed by atoms with Crippen LogP contribution in [0.3, 0.4) is 0 Å². The van der Waals surface area contributed by atoms with Gasteiger partial charge < -0.3 is 9.57 Å². The number of ether oxygens (including phenoxy) is 1. The van der Waals surface area contributed by atoms with E-state index in [0.717, 1.165) is 18.7 Å². The summed E-state index contributed by atoms with van der Waals surface area (Å²) in [4.78, 5) is 25.6. The van der Waals surface area contributed by atoms with Crippen molar-refractivity contribution in [3.05, 3.63) is 0 Å². The predicted molar refractivity (Wildman–Crippen MR) is 52.4 cm³/mol. The van der Waals surface area contributed by atoms with Crippen LogP contribution in [-0.4, -0.2) is 29.9 Å². The van der Waals surface area contributed by atoms with E-state index in [0.29, 0.717) is 0 Å². The highest BCUT2D eigenvalue weighted by molar-refractivity contribution is 6.02. The van der Waals surface area contributed by atoms with Crippen molar-refractivity contribution in [2.45, 2.75) is 32.8 Å². The van der Waals surface area contributed by atoms with Crippen LogP contribution in [0.15, 0.2) is 5.16 Å². The molecule has 6 heteroatoms. The Hall–Kier alpha value is -1.59. The van der Waals surface area contributed by atoms with Gasteiger partial charge >= 0.3 is 6.09 Å². The van der Waals surface area contributed by atoms with Gasteiger partial charge in [-0.3, -0.25) is 10.1 Å². The number of cyclic esters (lactones) is 1. The maximum absolute atomic E-state index is 10.6. The number of nitrogens with zero attached hydrogens (tertiary/aromatic N) is 1. The first-order chi connectivity index (χ1) is 6.92. The van der Waals surface area contributed by atoms with Crippen LogP contribution >= 0.6 is 0 Å². The van der Waals surface area contributed by atoms with Crippen LogP contribution in [0.1, 0.15) is 27.2 Å². The van der Waals surface area contributed by atoms with E-state index < -0.39 is 11.7 Å². The van der Waals surface area contributed by atoms with Gasteiger partial charge in [0.2, 0.25) is 0 Å². The van der Waals surface area contributed by atoms with E-state index >= 15 is 0 Å². The smallest absolute Gasteiger partial charge is 0.415 e. The molecule has 2 aliphatic heterocycles. The van der Waals surface area contributed by atoms with Crippen LogP contribution in [0.25, 0.3) is 0 Å². The minimum atomic E-state index is -0.975. The Labute approximate surface area is 87.6 Å². The molecule has 1 fully saturated rings. The number of hydrogen-bond acceptors (Lipinski definition) is 5. The molecule has 0 spiro atoms. The van der Waals surface area contributed by atoms with E-state index in [4.69, 9.17) is 0 Å². The summed E-state index contributed by atoms with van der Waals surface area (Å²) >= 11 is 0. The predicted octanol–water partition coefficient (Wildman–Crippen LogP) is 0.814. The molecule has 84 valence electrons. The van der Waals surface area contributed by atoms with E-state index in [2.05, 4.69) is 14.7 Å². The molecule has 0 aromatic carbocycles. The van der Waals surface area contributed by atoms with Crippen LogP contribution in [0.2, 0.25) is 0 Å². The summed E-state index contributed by atoms with van der Waals surface area (Å²) in [5, 5.41) is 5.66. The Morgan fingerprint density at radius 3 is 2.20 bits per heavy atom. The SMILES string of the molecule is CC1(C)OC(=O)NC1=O.CC1=NOCC1. The number of oxime groups is 1. The van der Waals surface area contributed by atoms with Crippen molar-refractivity contribution in [3.63, 3.8) is 0 Å². The Morgan fingerprint density at radius 2 is 2.07 bits per heavy atom. The van der Waals surface area contributed by atoms with Crippen molar-refractivity contribution in [1.82, 2.24) is 5.32 Å². The second-order valence-electron chi connectivity index (χ2n) is 3.76. The third kappa shape index (κ3) is 3.23. The zero-order chi connectivity index (χ0) is 11.5. The number of carbonyl (C=O) groups excluding carboxylic acids is 2. The lowest BCUT2D eigenvalue weighted by atomic mass is 10.1. The molecule has 6 nitrogen and oxygen atoms in total. The quantitative estimate of drug-likeness (QED) is 0.647. The highest BCUT2D eigenvalue weighted by Crippen LogP contribution is 2.14. The van der Waals surface area contributed by atoms with Gasteiger partial charge in [0.15, 0.2) is 5.60 Å². The van der Waals surface area contributed by atoms with E-state index in [1.807, 2.05) is 12.2 Å². The van der Waals surface area contributed by atoms with E-state index in [-0.39, 0.29) is 5.91 Å². The highest BCUT2D eigenvalue weighted by atomic mass is 16.6. The second kappa shape index (κ2) is 4.29. The fourth-order valence-corrected chi connectivity index (χ4v) is 0.942. The molecule has 15 heavy (non-hydrogen) atoms. The fourth-order valence-electron chi connectivity index (χ4n) is 0.942. The molecule has 2 aliphatic rings. The Kier molecular flexibility index (Phi) is 3.28. The zero-order valence-corrected chi connectivity index (χ0v) is 8.99. The number of nitrogens with one attached hydrogen (secondary N) is 1. The van der Waals surface area contributed by atoms with Crippen molar-refractivity contribution in [3.8, 4) is 0 Å². The highest BCUT2D eigenvalue weighted by Gasteiger charge is 2.39. The van der Waals surface area contributed by atoms with Crippen LogP contribution < -0.4 is 5.32 Å². The summed E-state index contributed by atoms with van der Waals surface area (Å²) < 4.78 is 4.56. The second-order valence-corrected chi connectivity index (χ2v) is 3.76. The number of imide groups is 1. The van der Waals surface area contributed by atoms with Gasteiger partial charge in [-0.05, 0) is 20.8 Å². The van der Waals surface area contributed by atoms with Crippen molar-refractivity contribution < 1.29 is 19.2 Å². The number of carbonyl (C=O) groups is 2. The lowest BCUT2D eigenvalue weighted by Crippen LogP contribution is -2.32. The molecule has 2 rings (SSSR count). The number of rotatable bonds is 0. The Morgan fingerprint density at radius 1 is 1.40 bits per heavy atom. The van der Waals surface area contributed by atoms with Crippen molar-refractivity contribution in [2.75, 3.05) is 6.61 Å². The van der Waals surface area contributed by atoms with Crippen molar-refractivity contribution in [2.24, 2.45) is 5.16 Å². The Bertz CT molecular complexity index is 309. The maximum atomic E-state index is 10.6. The van der Waals surface area contributed by atoms with Crippen LogP contribution in [0.4, 0.5) is 4.79 Å². The van der Waals surface area contributed by atoms with Gasteiger partial charge in [0.25, 0.3) is 5.91 Å². The molecule has 0 aromatic heterocycles. The summed E-state index contributed by atoms with van der Waals surface area (Å²) in [6.07, 6.45) is 0.352. The molecule has 0 unspecified atom stereocenters. The average molecular weight is 214 g/mol. The van der Waals surface area contributed by atoms with Gasteiger partial charge in [-0.15, -0.1) is 0 Å². The molecule has 2 amide bonds. The minimum absolute atomic E-state index is 0.382. The third-order valence-corrected chi connectivity index (χ3v) is 1.89. The molecule has 0 atom stereocenters. The molecule has 0 aliphatic carbocycles. The van der Waals surface area contributed by atoms with Gasteiger partial charge in [-0.1, -0.05) is 5.16 Å². The van der Waals surface area contributed by atoms with Crippen LogP contribution in [-0.2, 0) is 14.4 Å². The van der Waals surface area contributed by atoms with Crippen LogP contribution in [0, 0.1) is 0 Å². The summed E-state index contributed by atoms with van der Waals surface area (Å²) in [5.41, 5.74) is 0.131. The monoisotopic (exact) mass is 214 g/mol. The maximum Gasteiger partial charge on any atom is 0.415 e. The molecule has 1 N–H and O–H groups in total. The van der Waals surface area contributed by atoms with Gasteiger partial charge in [0.05, 0.1) is 5.71 Å². The topological polar surface area (TPSA) is 77.0 Å². The van der Waals surface area contributed by atoms with Gasteiger partial charge in [-0.2, -0.15) is 0 Å². The van der Waals surface area contributed by atoms with Crippen molar-refractivity contribution >= 4 is 17.7 Å². The van der Waals surface area contributed by atoms with Crippen molar-refractivity contribution in [1.29, 1.82) is 0 Å². The fraction of sp³-hybridized carbons (Fsp3) is 0.667. The molecule has 1 saturated heterocycles. The molecule has 0 radical (unpaired) electrons. The largest absolute Gasteiger partial charge is 0.433 e. The standard InChI is InChI=1S/C5H7NO3.C4H7NO/c1-5(2)3(7)6-4(8)9-5;1-4-2-3-6-5-4/h1-2H3,(H,6,7,8);2-3H2,1H3. The number of amides is 2. The molecular formula is C9H14N2O4. The zero-order valence-electron chi connectivity index (χ0n) is 8.99. The summed E-state index contributed by atoms with van der Waals surface area (Å²) in [7, 11) is 0. The molecule has 0 aromatic rings. The number of hydrogen-bond donors (Lipinski definition) is 1. The summed E-state index contributed by atoms with van der Waals surface area (Å²) in [6.45, 7) is 5.82. The lowest BCUT2D eigenvalue weighted by molar-refractivity contribution is -0.128. The summed E-state index contributed by atoms with van der Waals surface area (Å²) in [6, 6.07) is 0. The molecule has 0 saturated carbocycles. The van der Waals surface area contributed by atoms with Crippen LogP contribution in [0.5, 0.6) is 0 Å². The molecule has 0 bridgehead atoms. The van der Waals surface area contributed by atoms with Gasteiger partial charge in [0.1, 0.15) is 6.61 Å². The number of alkyl carbamates (subject to hydrolysis) is 1. The average Bonchev–Trinajstić information content (AvgIpc) is 2.62.